The Morgan fingerprint density at radius 3 is 2.67 bits per heavy atom. The number of ether oxygens (including phenoxy) is 2. The van der Waals surface area contributed by atoms with Crippen molar-refractivity contribution in [2.24, 2.45) is 5.92 Å². The van der Waals surface area contributed by atoms with Crippen molar-refractivity contribution < 1.29 is 19.1 Å². The smallest absolute Gasteiger partial charge is 0.410 e. The molecular weight excluding hydrogens is 498 g/mol. The molecule has 11 nitrogen and oxygen atoms in total. The average molecular weight is 538 g/mol. The Bertz CT molecular complexity index is 1210. The van der Waals surface area contributed by atoms with E-state index in [9.17, 15) is 9.59 Å². The molecule has 2 aromatic heterocycles. The number of hydrogen-bond donors (Lipinski definition) is 3. The Balaban J connectivity index is 1.57. The minimum absolute atomic E-state index is 0.0177. The Morgan fingerprint density at radius 2 is 2.00 bits per heavy atom. The van der Waals surface area contributed by atoms with Gasteiger partial charge in [0, 0.05) is 43.5 Å². The fraction of sp³-hybridized carbons (Fsp3) is 0.536. The highest BCUT2D eigenvalue weighted by Gasteiger charge is 2.33. The van der Waals surface area contributed by atoms with Gasteiger partial charge in [-0.3, -0.25) is 9.69 Å². The van der Waals surface area contributed by atoms with E-state index in [-0.39, 0.29) is 17.9 Å². The van der Waals surface area contributed by atoms with E-state index < -0.39 is 17.7 Å². The summed E-state index contributed by atoms with van der Waals surface area (Å²) in [7, 11) is 3.13. The molecule has 210 valence electrons. The first-order valence-corrected chi connectivity index (χ1v) is 13.1. The number of aromatic nitrogens is 3. The molecule has 0 unspecified atom stereocenters. The molecule has 3 rings (SSSR count). The maximum absolute atomic E-state index is 12.6. The van der Waals surface area contributed by atoms with Crippen molar-refractivity contribution in [2.75, 3.05) is 31.3 Å². The fourth-order valence-electron chi connectivity index (χ4n) is 3.66. The van der Waals surface area contributed by atoms with E-state index in [0.29, 0.717) is 23.2 Å². The second kappa shape index (κ2) is 13.1. The Labute approximate surface area is 230 Å². The zero-order valence-corrected chi connectivity index (χ0v) is 23.8. The van der Waals surface area contributed by atoms with Gasteiger partial charge < -0.3 is 25.4 Å². The summed E-state index contributed by atoms with van der Waals surface area (Å²) in [4.78, 5) is 39.4. The van der Waals surface area contributed by atoms with Gasteiger partial charge in [0.05, 0.1) is 18.9 Å². The van der Waals surface area contributed by atoms with Crippen LogP contribution >= 0.6 is 0 Å². The minimum Gasteiger partial charge on any atom is -0.481 e. The van der Waals surface area contributed by atoms with Crippen molar-refractivity contribution in [3.63, 3.8) is 0 Å². The molecule has 2 amide bonds. The van der Waals surface area contributed by atoms with Crippen LogP contribution in [0.15, 0.2) is 24.5 Å². The van der Waals surface area contributed by atoms with Crippen LogP contribution in [0.4, 0.5) is 22.2 Å². The molecule has 2 heterocycles. The summed E-state index contributed by atoms with van der Waals surface area (Å²) < 4.78 is 10.5. The van der Waals surface area contributed by atoms with E-state index in [1.54, 1.807) is 66.4 Å². The minimum atomic E-state index is -0.644. The van der Waals surface area contributed by atoms with Gasteiger partial charge in [-0.05, 0) is 53.0 Å². The average Bonchev–Trinajstić information content (AvgIpc) is 2.87. The Morgan fingerprint density at radius 1 is 1.26 bits per heavy atom. The number of hydrogen-bond acceptors (Lipinski definition) is 9. The van der Waals surface area contributed by atoms with Gasteiger partial charge in [0.1, 0.15) is 17.5 Å². The van der Waals surface area contributed by atoms with Gasteiger partial charge in [-0.25, -0.2) is 14.8 Å². The fourth-order valence-corrected chi connectivity index (χ4v) is 3.66. The summed E-state index contributed by atoms with van der Waals surface area (Å²) >= 11 is 0. The molecular formula is C28H39N7O4. The van der Waals surface area contributed by atoms with Crippen molar-refractivity contribution in [3.8, 4) is 17.7 Å². The first kappa shape index (κ1) is 29.5. The Kier molecular flexibility index (Phi) is 9.93. The van der Waals surface area contributed by atoms with Crippen LogP contribution in [0.25, 0.3) is 0 Å². The molecule has 1 saturated carbocycles. The summed E-state index contributed by atoms with van der Waals surface area (Å²) in [6, 6.07) is 2.94. The quantitative estimate of drug-likeness (QED) is 0.407. The summed E-state index contributed by atoms with van der Waals surface area (Å²) in [5.41, 5.74) is 0.848. The highest BCUT2D eigenvalue weighted by atomic mass is 16.6. The molecule has 1 aliphatic rings. The number of likely N-dealkylation sites (N-methyl/N-ethyl adjacent to an activating group) is 1. The third-order valence-corrected chi connectivity index (χ3v) is 6.07. The molecule has 11 heteroatoms. The number of amides is 2. The molecule has 0 aromatic carbocycles. The van der Waals surface area contributed by atoms with Crippen LogP contribution in [0.3, 0.4) is 0 Å². The van der Waals surface area contributed by atoms with Crippen LogP contribution in [0.5, 0.6) is 5.88 Å². The van der Waals surface area contributed by atoms with Gasteiger partial charge in [0.25, 0.3) is 0 Å². The first-order valence-electron chi connectivity index (χ1n) is 13.1. The lowest BCUT2D eigenvalue weighted by molar-refractivity contribution is -0.126. The second-order valence-corrected chi connectivity index (χ2v) is 10.5. The summed E-state index contributed by atoms with van der Waals surface area (Å²) in [6.45, 7) is 9.89. The lowest BCUT2D eigenvalue weighted by Gasteiger charge is -2.34. The summed E-state index contributed by atoms with van der Waals surface area (Å²) in [6.07, 6.45) is 5.23. The van der Waals surface area contributed by atoms with Crippen molar-refractivity contribution in [3.05, 3.63) is 30.1 Å². The predicted octanol–water partition coefficient (Wildman–Crippen LogP) is 3.95. The zero-order chi connectivity index (χ0) is 28.6. The molecule has 0 aliphatic heterocycles. The molecule has 3 N–H and O–H groups in total. The van der Waals surface area contributed by atoms with Gasteiger partial charge in [-0.15, -0.1) is 0 Å². The maximum atomic E-state index is 12.6. The number of rotatable bonds is 9. The summed E-state index contributed by atoms with van der Waals surface area (Å²) in [5, 5.41) is 9.49. The first-order chi connectivity index (χ1) is 18.5. The third kappa shape index (κ3) is 8.74. The number of pyridine rings is 1. The third-order valence-electron chi connectivity index (χ3n) is 6.07. The number of methoxy groups -OCH3 is 1. The maximum Gasteiger partial charge on any atom is 0.410 e. The molecule has 1 atom stereocenters. The lowest BCUT2D eigenvalue weighted by atomic mass is 9.80. The molecule has 0 saturated heterocycles. The Hall–Kier alpha value is -4.07. The van der Waals surface area contributed by atoms with Gasteiger partial charge >= 0.3 is 6.09 Å². The van der Waals surface area contributed by atoms with Crippen LogP contribution < -0.4 is 20.7 Å². The standard InChI is InChI=1S/C28H39N7O4/c1-8-12-30-24-20(17-31-26(34-24)33-21-11-13-29-23(16-21)38-7)10-9-19-14-22(15-19)32-25(36)18(2)35(6)27(37)39-28(3,4)5/h11,13,16-19,22H,8,12,14-15H2,1-7H3,(H,32,36)(H2,29,30,31,33,34)/t18-,19-,22+/m0/s1. The topological polar surface area (TPSA) is 131 Å². The van der Waals surface area contributed by atoms with E-state index in [1.807, 2.05) is 0 Å². The van der Waals surface area contributed by atoms with Crippen molar-refractivity contribution >= 4 is 29.5 Å². The summed E-state index contributed by atoms with van der Waals surface area (Å²) in [5.74, 6) is 8.01. The van der Waals surface area contributed by atoms with Crippen molar-refractivity contribution in [1.82, 2.24) is 25.2 Å². The van der Waals surface area contributed by atoms with Crippen molar-refractivity contribution in [1.29, 1.82) is 0 Å². The number of nitrogens with one attached hydrogen (secondary N) is 3. The van der Waals surface area contributed by atoms with Crippen LogP contribution in [0, 0.1) is 17.8 Å². The molecule has 0 spiro atoms. The SMILES string of the molecule is CCCNc1nc(Nc2ccnc(OC)c2)ncc1C#C[C@H]1C[C@@H](NC(=O)[C@H](C)N(C)C(=O)OC(C)(C)C)C1. The largest absolute Gasteiger partial charge is 0.481 e. The number of carbonyl (C=O) groups is 2. The number of carbonyl (C=O) groups excluding carboxylic acids is 2. The van der Waals surface area contributed by atoms with E-state index >= 15 is 0 Å². The molecule has 1 aliphatic carbocycles. The molecule has 2 aromatic rings. The molecule has 0 radical (unpaired) electrons. The predicted molar refractivity (Wildman–Crippen MR) is 150 cm³/mol. The van der Waals surface area contributed by atoms with Crippen LogP contribution in [-0.2, 0) is 9.53 Å². The molecule has 0 bridgehead atoms. The zero-order valence-electron chi connectivity index (χ0n) is 23.8. The van der Waals surface area contributed by atoms with Crippen LogP contribution in [-0.4, -0.2) is 70.2 Å². The van der Waals surface area contributed by atoms with Gasteiger partial charge in [0.15, 0.2) is 0 Å². The van der Waals surface area contributed by atoms with E-state index in [0.717, 1.165) is 31.5 Å². The van der Waals surface area contributed by atoms with Gasteiger partial charge in [-0.1, -0.05) is 18.8 Å². The van der Waals surface area contributed by atoms with Gasteiger partial charge in [-0.2, -0.15) is 4.98 Å². The van der Waals surface area contributed by atoms with Crippen LogP contribution in [0.1, 0.15) is 59.4 Å². The number of anilines is 3. The van der Waals surface area contributed by atoms with E-state index in [4.69, 9.17) is 9.47 Å². The second-order valence-electron chi connectivity index (χ2n) is 10.5. The number of nitrogens with zero attached hydrogens (tertiary/aromatic N) is 4. The van der Waals surface area contributed by atoms with Gasteiger partial charge in [0.2, 0.25) is 17.7 Å². The highest BCUT2D eigenvalue weighted by Crippen LogP contribution is 2.27. The normalized spacial score (nSPS) is 17.0. The highest BCUT2D eigenvalue weighted by molar-refractivity contribution is 5.85. The lowest BCUT2D eigenvalue weighted by Crippen LogP contribution is -2.52. The monoisotopic (exact) mass is 537 g/mol. The van der Waals surface area contributed by atoms with Crippen molar-refractivity contribution in [2.45, 2.75) is 71.6 Å². The van der Waals surface area contributed by atoms with Crippen LogP contribution in [0.2, 0.25) is 0 Å². The molecule has 39 heavy (non-hydrogen) atoms. The molecule has 1 fully saturated rings. The van der Waals surface area contributed by atoms with E-state index in [1.165, 1.54) is 4.90 Å². The van der Waals surface area contributed by atoms with E-state index in [2.05, 4.69) is 49.7 Å².